The smallest absolute Gasteiger partial charge is 0.287 e. The van der Waals surface area contributed by atoms with Gasteiger partial charge in [-0.3, -0.25) is 19.7 Å². The number of carbonyl (C=O) groups excluding carboxylic acids is 3. The summed E-state index contributed by atoms with van der Waals surface area (Å²) in [5.41, 5.74) is 1.55. The van der Waals surface area contributed by atoms with Gasteiger partial charge in [0.05, 0.1) is 18.8 Å². The van der Waals surface area contributed by atoms with E-state index < -0.39 is 29.9 Å². The Morgan fingerprint density at radius 1 is 1.16 bits per heavy atom. The molecule has 0 aliphatic carbocycles. The molecule has 10 heteroatoms. The number of nitrogens with zero attached hydrogens (tertiary/aromatic N) is 1. The number of furan rings is 1. The van der Waals surface area contributed by atoms with Gasteiger partial charge in [0, 0.05) is 11.9 Å². The Morgan fingerprint density at radius 3 is 2.58 bits per heavy atom. The van der Waals surface area contributed by atoms with E-state index in [1.807, 2.05) is 30.3 Å². The van der Waals surface area contributed by atoms with Crippen LogP contribution in [0.25, 0.3) is 0 Å². The number of hydrogen-bond acceptors (Lipinski definition) is 6. The maximum absolute atomic E-state index is 12.5. The van der Waals surface area contributed by atoms with E-state index in [0.29, 0.717) is 0 Å². The summed E-state index contributed by atoms with van der Waals surface area (Å²) in [6, 6.07) is 11.2. The monoisotopic (exact) mass is 425 g/mol. The number of carbonyl (C=O) groups is 3. The van der Waals surface area contributed by atoms with Crippen molar-refractivity contribution in [3.63, 3.8) is 0 Å². The normalized spacial score (nSPS) is 12.6. The van der Waals surface area contributed by atoms with Crippen LogP contribution < -0.4 is 16.0 Å². The third-order valence-electron chi connectivity index (χ3n) is 4.39. The summed E-state index contributed by atoms with van der Waals surface area (Å²) in [6.07, 6.45) is 1.52. The van der Waals surface area contributed by atoms with E-state index in [1.54, 1.807) is 13.0 Å². The van der Waals surface area contributed by atoms with Gasteiger partial charge in [0.1, 0.15) is 0 Å². The number of aliphatic hydroxyl groups excluding tert-OH is 1. The molecule has 3 aromatic rings. The number of nitrogens with one attached hydrogen (secondary N) is 4. The summed E-state index contributed by atoms with van der Waals surface area (Å²) in [6.45, 7) is 1.42. The third-order valence-corrected chi connectivity index (χ3v) is 4.39. The highest BCUT2D eigenvalue weighted by Gasteiger charge is 2.28. The van der Waals surface area contributed by atoms with Crippen LogP contribution in [0.5, 0.6) is 0 Å². The van der Waals surface area contributed by atoms with Gasteiger partial charge in [-0.15, -0.1) is 0 Å². The Bertz CT molecular complexity index is 1020. The Balaban J connectivity index is 1.64. The van der Waals surface area contributed by atoms with Crippen molar-refractivity contribution in [3.8, 4) is 0 Å². The molecule has 0 radical (unpaired) electrons. The van der Waals surface area contributed by atoms with Gasteiger partial charge >= 0.3 is 0 Å². The van der Waals surface area contributed by atoms with Crippen LogP contribution in [0.3, 0.4) is 0 Å². The molecule has 0 saturated heterocycles. The van der Waals surface area contributed by atoms with E-state index in [0.717, 1.165) is 11.3 Å². The average Bonchev–Trinajstić information content (AvgIpc) is 3.44. The molecule has 2 atom stereocenters. The van der Waals surface area contributed by atoms with Gasteiger partial charge in [-0.2, -0.15) is 0 Å². The minimum absolute atomic E-state index is 0.0711. The van der Waals surface area contributed by atoms with Crippen LogP contribution in [-0.4, -0.2) is 51.5 Å². The van der Waals surface area contributed by atoms with Crippen molar-refractivity contribution in [2.45, 2.75) is 25.5 Å². The van der Waals surface area contributed by atoms with E-state index in [1.165, 1.54) is 18.5 Å². The van der Waals surface area contributed by atoms with Crippen LogP contribution in [0.15, 0.2) is 59.3 Å². The fourth-order valence-electron chi connectivity index (χ4n) is 2.87. The maximum Gasteiger partial charge on any atom is 0.287 e. The molecule has 3 amide bonds. The first-order valence-corrected chi connectivity index (χ1v) is 9.58. The summed E-state index contributed by atoms with van der Waals surface area (Å²) in [5, 5.41) is 18.1. The number of aliphatic hydroxyl groups is 1. The van der Waals surface area contributed by atoms with Crippen molar-refractivity contribution in [1.82, 2.24) is 20.6 Å². The molecule has 0 aliphatic rings. The molecule has 5 N–H and O–H groups in total. The van der Waals surface area contributed by atoms with Crippen molar-refractivity contribution < 1.29 is 23.9 Å². The number of H-pyrrole nitrogens is 1. The molecule has 0 saturated carbocycles. The molecule has 0 fully saturated rings. The number of rotatable bonds is 9. The number of anilines is 1. The fraction of sp³-hybridized carbons (Fsp3) is 0.238. The fourth-order valence-corrected chi connectivity index (χ4v) is 2.87. The molecule has 31 heavy (non-hydrogen) atoms. The highest BCUT2D eigenvalue weighted by atomic mass is 16.3. The minimum Gasteiger partial charge on any atom is -0.459 e. The molecule has 0 bridgehead atoms. The SMILES string of the molecule is Cc1cnc(NC(=O)C(O)[C@H](Cc2ccccc2)NC(=O)CNC(=O)c2ccco2)[nH]1. The molecular formula is C21H23N5O5. The van der Waals surface area contributed by atoms with Crippen LogP contribution >= 0.6 is 0 Å². The molecule has 0 aliphatic heterocycles. The van der Waals surface area contributed by atoms with E-state index in [4.69, 9.17) is 4.42 Å². The van der Waals surface area contributed by atoms with Crippen molar-refractivity contribution in [2.24, 2.45) is 0 Å². The summed E-state index contributed by atoms with van der Waals surface area (Å²) in [5.74, 6) is -1.58. The molecule has 162 valence electrons. The van der Waals surface area contributed by atoms with Crippen LogP contribution in [-0.2, 0) is 16.0 Å². The first-order chi connectivity index (χ1) is 14.9. The summed E-state index contributed by atoms with van der Waals surface area (Å²) in [4.78, 5) is 43.6. The standard InChI is InChI=1S/C21H23N5O5/c1-13-11-23-21(24-13)26-20(30)18(28)15(10-14-6-3-2-4-7-14)25-17(27)12-22-19(29)16-8-5-9-31-16/h2-9,11,15,18,28H,10,12H2,1H3,(H,22,29)(H,25,27)(H2,23,24,26,30)/t15-,18?/m0/s1. The summed E-state index contributed by atoms with van der Waals surface area (Å²) in [7, 11) is 0. The topological polar surface area (TPSA) is 149 Å². The zero-order chi connectivity index (χ0) is 22.2. The first kappa shape index (κ1) is 21.8. The molecule has 3 rings (SSSR count). The summed E-state index contributed by atoms with van der Waals surface area (Å²) < 4.78 is 4.97. The van der Waals surface area contributed by atoms with Gasteiger partial charge in [0.15, 0.2) is 11.9 Å². The van der Waals surface area contributed by atoms with E-state index >= 15 is 0 Å². The lowest BCUT2D eigenvalue weighted by Gasteiger charge is -2.23. The summed E-state index contributed by atoms with van der Waals surface area (Å²) >= 11 is 0. The van der Waals surface area contributed by atoms with Gasteiger partial charge in [0.2, 0.25) is 11.9 Å². The van der Waals surface area contributed by atoms with Crippen molar-refractivity contribution >= 4 is 23.7 Å². The Labute approximate surface area is 178 Å². The number of aromatic amines is 1. The number of benzene rings is 1. The predicted octanol–water partition coefficient (Wildman–Crippen LogP) is 0.768. The second-order valence-electron chi connectivity index (χ2n) is 6.87. The highest BCUT2D eigenvalue weighted by Crippen LogP contribution is 2.09. The average molecular weight is 425 g/mol. The second-order valence-corrected chi connectivity index (χ2v) is 6.87. The lowest BCUT2D eigenvalue weighted by Crippen LogP contribution is -2.52. The Hall–Kier alpha value is -3.92. The zero-order valence-electron chi connectivity index (χ0n) is 16.8. The van der Waals surface area contributed by atoms with E-state index in [2.05, 4.69) is 25.9 Å². The largest absolute Gasteiger partial charge is 0.459 e. The molecular weight excluding hydrogens is 402 g/mol. The molecule has 2 aromatic heterocycles. The van der Waals surface area contributed by atoms with Gasteiger partial charge in [-0.05, 0) is 31.0 Å². The molecule has 10 nitrogen and oxygen atoms in total. The second kappa shape index (κ2) is 10.2. The zero-order valence-corrected chi connectivity index (χ0v) is 16.8. The number of imidazole rings is 1. The van der Waals surface area contributed by atoms with Crippen LogP contribution in [0, 0.1) is 6.92 Å². The Morgan fingerprint density at radius 2 is 1.94 bits per heavy atom. The van der Waals surface area contributed by atoms with Gasteiger partial charge in [-0.25, -0.2) is 4.98 Å². The number of aromatic nitrogens is 2. The van der Waals surface area contributed by atoms with Crippen molar-refractivity contribution in [1.29, 1.82) is 0 Å². The van der Waals surface area contributed by atoms with E-state index in [-0.39, 0.29) is 24.7 Å². The van der Waals surface area contributed by atoms with E-state index in [9.17, 15) is 19.5 Å². The lowest BCUT2D eigenvalue weighted by atomic mass is 10.0. The van der Waals surface area contributed by atoms with Crippen LogP contribution in [0.4, 0.5) is 5.95 Å². The lowest BCUT2D eigenvalue weighted by molar-refractivity contribution is -0.127. The molecule has 0 spiro atoms. The number of aryl methyl sites for hydroxylation is 1. The number of amides is 3. The Kier molecular flexibility index (Phi) is 7.17. The minimum atomic E-state index is -1.56. The predicted molar refractivity (Wildman–Crippen MR) is 111 cm³/mol. The first-order valence-electron chi connectivity index (χ1n) is 9.58. The van der Waals surface area contributed by atoms with Gasteiger partial charge in [-0.1, -0.05) is 30.3 Å². The van der Waals surface area contributed by atoms with Crippen molar-refractivity contribution in [3.05, 3.63) is 71.9 Å². The highest BCUT2D eigenvalue weighted by molar-refractivity contribution is 5.95. The van der Waals surface area contributed by atoms with Gasteiger partial charge < -0.3 is 25.1 Å². The number of hydrogen-bond donors (Lipinski definition) is 5. The molecule has 1 aromatic carbocycles. The van der Waals surface area contributed by atoms with Crippen LogP contribution in [0.1, 0.15) is 21.8 Å². The molecule has 1 unspecified atom stereocenters. The van der Waals surface area contributed by atoms with Gasteiger partial charge in [0.25, 0.3) is 11.8 Å². The van der Waals surface area contributed by atoms with Crippen molar-refractivity contribution in [2.75, 3.05) is 11.9 Å². The quantitative estimate of drug-likeness (QED) is 0.342. The third kappa shape index (κ3) is 6.28. The maximum atomic E-state index is 12.5. The van der Waals surface area contributed by atoms with Crippen LogP contribution in [0.2, 0.25) is 0 Å². The molecule has 2 heterocycles.